The van der Waals surface area contributed by atoms with Gasteiger partial charge in [0.1, 0.15) is 0 Å². The molecule has 2 unspecified atom stereocenters. The van der Waals surface area contributed by atoms with Gasteiger partial charge in [-0.15, -0.1) is 0 Å². The molecule has 14 heavy (non-hydrogen) atoms. The highest BCUT2D eigenvalue weighted by atomic mass is 16.9. The molecule has 1 aromatic rings. The summed E-state index contributed by atoms with van der Waals surface area (Å²) in [6.45, 7) is -0.882. The van der Waals surface area contributed by atoms with Crippen molar-refractivity contribution < 1.29 is 19.0 Å². The molecule has 1 aromatic carbocycles. The van der Waals surface area contributed by atoms with Gasteiger partial charge in [0.15, 0.2) is 6.10 Å². The molecular formula is C10H10O4. The van der Waals surface area contributed by atoms with Gasteiger partial charge in [0.2, 0.25) is 0 Å². The minimum absolute atomic E-state index is 0.414. The van der Waals surface area contributed by atoms with Gasteiger partial charge in [0.25, 0.3) is 0 Å². The van der Waals surface area contributed by atoms with Crippen LogP contribution in [0.3, 0.4) is 0 Å². The first kappa shape index (κ1) is 9.18. The maximum absolute atomic E-state index is 11.3. The smallest absolute Gasteiger partial charge is 0.344 e. The lowest BCUT2D eigenvalue weighted by molar-refractivity contribution is -0.222. The first-order chi connectivity index (χ1) is 6.81. The first-order valence-corrected chi connectivity index (χ1v) is 4.25. The highest BCUT2D eigenvalue weighted by Crippen LogP contribution is 2.27. The lowest BCUT2D eigenvalue weighted by Crippen LogP contribution is -2.09. The average molecular weight is 194 g/mol. The Morgan fingerprint density at radius 2 is 2.00 bits per heavy atom. The largest absolute Gasteiger partial charge is 0.408 e. The van der Waals surface area contributed by atoms with Crippen LogP contribution >= 0.6 is 0 Å². The van der Waals surface area contributed by atoms with Gasteiger partial charge in [-0.2, -0.15) is 0 Å². The topological polar surface area (TPSA) is 44.8 Å². The molecule has 0 bridgehead atoms. The predicted octanol–water partition coefficient (Wildman–Crippen LogP) is 1.23. The van der Waals surface area contributed by atoms with Crippen molar-refractivity contribution in [2.45, 2.75) is 12.6 Å². The SMILES string of the molecule is COC1OC(=O)C(c2ccccc2)O1. The van der Waals surface area contributed by atoms with E-state index in [1.807, 2.05) is 30.3 Å². The number of hydrogen-bond acceptors (Lipinski definition) is 4. The van der Waals surface area contributed by atoms with Gasteiger partial charge in [-0.1, -0.05) is 30.3 Å². The third-order valence-corrected chi connectivity index (χ3v) is 1.97. The summed E-state index contributed by atoms with van der Waals surface area (Å²) in [6, 6.07) is 9.17. The number of rotatable bonds is 2. The van der Waals surface area contributed by atoms with Crippen molar-refractivity contribution >= 4 is 5.97 Å². The summed E-state index contributed by atoms with van der Waals surface area (Å²) < 4.78 is 14.8. The number of carbonyl (C=O) groups is 1. The Bertz CT molecular complexity index is 322. The third kappa shape index (κ3) is 1.62. The number of benzene rings is 1. The molecule has 4 heteroatoms. The number of methoxy groups -OCH3 is 1. The van der Waals surface area contributed by atoms with E-state index in [1.165, 1.54) is 7.11 Å². The fourth-order valence-electron chi connectivity index (χ4n) is 1.30. The Balaban J connectivity index is 2.17. The van der Waals surface area contributed by atoms with Gasteiger partial charge in [-0.05, 0) is 5.56 Å². The van der Waals surface area contributed by atoms with E-state index >= 15 is 0 Å². The van der Waals surface area contributed by atoms with Gasteiger partial charge in [0, 0.05) is 7.11 Å². The molecule has 2 rings (SSSR count). The number of cyclic esters (lactones) is 1. The summed E-state index contributed by atoms with van der Waals surface area (Å²) in [7, 11) is 1.42. The molecule has 4 nitrogen and oxygen atoms in total. The van der Waals surface area contributed by atoms with Gasteiger partial charge in [-0.3, -0.25) is 4.74 Å². The molecule has 2 atom stereocenters. The van der Waals surface area contributed by atoms with Crippen LogP contribution in [-0.4, -0.2) is 19.6 Å². The standard InChI is InChI=1S/C10H10O4/c1-12-10-13-8(9(11)14-10)7-5-3-2-4-6-7/h2-6,8,10H,1H3. The van der Waals surface area contributed by atoms with E-state index in [1.54, 1.807) is 0 Å². The van der Waals surface area contributed by atoms with Crippen LogP contribution in [0.15, 0.2) is 30.3 Å². The Hall–Kier alpha value is -1.39. The minimum Gasteiger partial charge on any atom is -0.408 e. The van der Waals surface area contributed by atoms with Crippen LogP contribution in [0.2, 0.25) is 0 Å². The minimum atomic E-state index is -0.882. The molecule has 0 saturated carbocycles. The zero-order valence-corrected chi connectivity index (χ0v) is 7.67. The van der Waals surface area contributed by atoms with Gasteiger partial charge >= 0.3 is 12.4 Å². The van der Waals surface area contributed by atoms with Crippen molar-refractivity contribution in [3.63, 3.8) is 0 Å². The van der Waals surface area contributed by atoms with Gasteiger partial charge in [-0.25, -0.2) is 4.79 Å². The second-order valence-corrected chi connectivity index (χ2v) is 2.89. The molecule has 74 valence electrons. The molecule has 1 saturated heterocycles. The van der Waals surface area contributed by atoms with E-state index in [9.17, 15) is 4.79 Å². The molecule has 0 aromatic heterocycles. The van der Waals surface area contributed by atoms with Crippen LogP contribution < -0.4 is 0 Å². The van der Waals surface area contributed by atoms with Crippen molar-refractivity contribution in [2.75, 3.05) is 7.11 Å². The molecule has 1 aliphatic heterocycles. The van der Waals surface area contributed by atoms with Crippen molar-refractivity contribution in [3.8, 4) is 0 Å². The number of esters is 1. The van der Waals surface area contributed by atoms with E-state index in [-0.39, 0.29) is 0 Å². The summed E-state index contributed by atoms with van der Waals surface area (Å²) in [5.74, 6) is -0.414. The predicted molar refractivity (Wildman–Crippen MR) is 47.2 cm³/mol. The Kier molecular flexibility index (Phi) is 2.47. The fraction of sp³-hybridized carbons (Fsp3) is 0.300. The van der Waals surface area contributed by atoms with Crippen molar-refractivity contribution in [1.29, 1.82) is 0 Å². The van der Waals surface area contributed by atoms with Crippen LogP contribution in [-0.2, 0) is 19.0 Å². The Labute approximate surface area is 81.4 Å². The zero-order valence-electron chi connectivity index (χ0n) is 7.67. The Morgan fingerprint density at radius 3 is 2.57 bits per heavy atom. The third-order valence-electron chi connectivity index (χ3n) is 1.97. The highest BCUT2D eigenvalue weighted by molar-refractivity contribution is 5.77. The summed E-state index contributed by atoms with van der Waals surface area (Å²) in [6.07, 6.45) is -0.666. The molecular weight excluding hydrogens is 184 g/mol. The quantitative estimate of drug-likeness (QED) is 0.664. The maximum atomic E-state index is 11.3. The number of hydrogen-bond donors (Lipinski definition) is 0. The van der Waals surface area contributed by atoms with Gasteiger partial charge in [0.05, 0.1) is 0 Å². The maximum Gasteiger partial charge on any atom is 0.344 e. The molecule has 1 heterocycles. The molecule has 0 aliphatic carbocycles. The van der Waals surface area contributed by atoms with Crippen LogP contribution in [0, 0.1) is 0 Å². The second-order valence-electron chi connectivity index (χ2n) is 2.89. The molecule has 0 amide bonds. The highest BCUT2D eigenvalue weighted by Gasteiger charge is 2.36. The van der Waals surface area contributed by atoms with E-state index < -0.39 is 18.5 Å². The van der Waals surface area contributed by atoms with Crippen molar-refractivity contribution in [2.24, 2.45) is 0 Å². The second kappa shape index (κ2) is 3.77. The fourth-order valence-corrected chi connectivity index (χ4v) is 1.30. The van der Waals surface area contributed by atoms with E-state index in [0.717, 1.165) is 5.56 Å². The van der Waals surface area contributed by atoms with Crippen LogP contribution in [0.25, 0.3) is 0 Å². The van der Waals surface area contributed by atoms with E-state index in [0.29, 0.717) is 0 Å². The van der Waals surface area contributed by atoms with Crippen molar-refractivity contribution in [3.05, 3.63) is 35.9 Å². The zero-order chi connectivity index (χ0) is 9.97. The summed E-state index contributed by atoms with van der Waals surface area (Å²) >= 11 is 0. The summed E-state index contributed by atoms with van der Waals surface area (Å²) in [4.78, 5) is 11.3. The van der Waals surface area contributed by atoms with Crippen molar-refractivity contribution in [1.82, 2.24) is 0 Å². The lowest BCUT2D eigenvalue weighted by Gasteiger charge is -2.06. The van der Waals surface area contributed by atoms with Crippen LogP contribution in [0.5, 0.6) is 0 Å². The number of ether oxygens (including phenoxy) is 3. The molecule has 0 spiro atoms. The normalized spacial score (nSPS) is 26.2. The van der Waals surface area contributed by atoms with Crippen LogP contribution in [0.1, 0.15) is 11.7 Å². The molecule has 1 fully saturated rings. The summed E-state index contributed by atoms with van der Waals surface area (Å²) in [5, 5.41) is 0. The molecule has 0 radical (unpaired) electrons. The molecule has 0 N–H and O–H groups in total. The van der Waals surface area contributed by atoms with Crippen LogP contribution in [0.4, 0.5) is 0 Å². The lowest BCUT2D eigenvalue weighted by atomic mass is 10.1. The number of carbonyl (C=O) groups excluding carboxylic acids is 1. The van der Waals surface area contributed by atoms with Gasteiger partial charge < -0.3 is 9.47 Å². The monoisotopic (exact) mass is 194 g/mol. The Morgan fingerprint density at radius 1 is 1.29 bits per heavy atom. The average Bonchev–Trinajstić information content (AvgIpc) is 2.61. The van der Waals surface area contributed by atoms with E-state index in [2.05, 4.69) is 0 Å². The summed E-state index contributed by atoms with van der Waals surface area (Å²) in [5.41, 5.74) is 0.775. The molecule has 1 aliphatic rings. The first-order valence-electron chi connectivity index (χ1n) is 4.25. The van der Waals surface area contributed by atoms with E-state index in [4.69, 9.17) is 14.2 Å².